The summed E-state index contributed by atoms with van der Waals surface area (Å²) in [5.74, 6) is 1.62. The number of carbonyl (C=O) groups is 1. The lowest BCUT2D eigenvalue weighted by Gasteiger charge is -2.29. The van der Waals surface area contributed by atoms with E-state index in [1.165, 1.54) is 0 Å². The first-order chi connectivity index (χ1) is 14.6. The third-order valence-corrected chi connectivity index (χ3v) is 6.22. The molecule has 0 aliphatic carbocycles. The van der Waals surface area contributed by atoms with Crippen LogP contribution in [0, 0.1) is 5.92 Å². The van der Waals surface area contributed by atoms with Crippen LogP contribution in [-0.4, -0.2) is 107 Å². The highest BCUT2D eigenvalue weighted by Crippen LogP contribution is 2.29. The van der Waals surface area contributed by atoms with E-state index in [2.05, 4.69) is 21.9 Å². The van der Waals surface area contributed by atoms with Crippen molar-refractivity contribution >= 4 is 5.91 Å². The minimum atomic E-state index is -0.0926. The maximum absolute atomic E-state index is 12.6. The second-order valence-electron chi connectivity index (χ2n) is 8.32. The molecule has 0 saturated carbocycles. The summed E-state index contributed by atoms with van der Waals surface area (Å²) in [7, 11) is 3.56. The highest BCUT2D eigenvalue weighted by molar-refractivity contribution is 5.79. The zero-order valence-electron chi connectivity index (χ0n) is 18.0. The van der Waals surface area contributed by atoms with Crippen molar-refractivity contribution in [2.45, 2.75) is 12.6 Å². The van der Waals surface area contributed by atoms with Crippen LogP contribution in [-0.2, 0) is 20.8 Å². The van der Waals surface area contributed by atoms with Gasteiger partial charge in [-0.15, -0.1) is 0 Å². The summed E-state index contributed by atoms with van der Waals surface area (Å²) >= 11 is 0. The Balaban J connectivity index is 1.39. The van der Waals surface area contributed by atoms with Crippen LogP contribution in [0.3, 0.4) is 0 Å². The van der Waals surface area contributed by atoms with Crippen LogP contribution < -0.4 is 9.47 Å². The zero-order chi connectivity index (χ0) is 20.9. The van der Waals surface area contributed by atoms with Crippen molar-refractivity contribution in [1.29, 1.82) is 0 Å². The summed E-state index contributed by atoms with van der Waals surface area (Å²) in [6.07, 6.45) is 0. The molecule has 8 nitrogen and oxygen atoms in total. The van der Waals surface area contributed by atoms with E-state index in [9.17, 15) is 4.79 Å². The quantitative estimate of drug-likeness (QED) is 0.645. The maximum Gasteiger partial charge on any atom is 0.229 e. The summed E-state index contributed by atoms with van der Waals surface area (Å²) in [6.45, 7) is 8.41. The molecule has 3 heterocycles. The van der Waals surface area contributed by atoms with Gasteiger partial charge in [-0.3, -0.25) is 14.6 Å². The molecule has 166 valence electrons. The Bertz CT molecular complexity index is 725. The van der Waals surface area contributed by atoms with Crippen LogP contribution in [0.15, 0.2) is 18.2 Å². The number of hydrogen-bond donors (Lipinski definition) is 0. The summed E-state index contributed by atoms with van der Waals surface area (Å²) in [4.78, 5) is 19.2. The van der Waals surface area contributed by atoms with Crippen molar-refractivity contribution in [1.82, 2.24) is 14.7 Å². The van der Waals surface area contributed by atoms with Crippen LogP contribution in [0.1, 0.15) is 5.56 Å². The van der Waals surface area contributed by atoms with Crippen molar-refractivity contribution in [2.75, 3.05) is 79.9 Å². The van der Waals surface area contributed by atoms with Crippen LogP contribution in [0.25, 0.3) is 0 Å². The van der Waals surface area contributed by atoms with Crippen molar-refractivity contribution in [3.63, 3.8) is 0 Å². The number of nitrogens with zero attached hydrogens (tertiary/aromatic N) is 3. The van der Waals surface area contributed by atoms with Crippen molar-refractivity contribution < 1.29 is 23.7 Å². The third kappa shape index (κ3) is 5.06. The summed E-state index contributed by atoms with van der Waals surface area (Å²) in [6, 6.07) is 6.22. The van der Waals surface area contributed by atoms with E-state index in [0.29, 0.717) is 19.8 Å². The first kappa shape index (κ1) is 21.4. The van der Waals surface area contributed by atoms with Crippen LogP contribution in [0.4, 0.5) is 0 Å². The molecule has 1 aromatic rings. The first-order valence-electron chi connectivity index (χ1n) is 10.8. The fourth-order valence-electron chi connectivity index (χ4n) is 4.42. The minimum Gasteiger partial charge on any atom is -0.493 e. The number of carbonyl (C=O) groups excluding carboxylic acids is 1. The number of rotatable bonds is 7. The van der Waals surface area contributed by atoms with Gasteiger partial charge in [-0.25, -0.2) is 0 Å². The van der Waals surface area contributed by atoms with Gasteiger partial charge < -0.3 is 23.8 Å². The number of ether oxygens (including phenoxy) is 4. The number of fused-ring (bicyclic) bond motifs is 3. The van der Waals surface area contributed by atoms with Gasteiger partial charge in [-0.1, -0.05) is 6.07 Å². The van der Waals surface area contributed by atoms with Crippen LogP contribution in [0.5, 0.6) is 11.5 Å². The molecule has 30 heavy (non-hydrogen) atoms. The summed E-state index contributed by atoms with van der Waals surface area (Å²) in [5, 5.41) is 0. The molecule has 0 radical (unpaired) electrons. The van der Waals surface area contributed by atoms with Gasteiger partial charge in [0.25, 0.3) is 0 Å². The Morgan fingerprint density at radius 2 is 1.90 bits per heavy atom. The molecule has 8 heteroatoms. The average Bonchev–Trinajstić information content (AvgIpc) is 2.94. The number of methoxy groups -OCH3 is 1. The molecule has 2 bridgehead atoms. The van der Waals surface area contributed by atoms with Gasteiger partial charge in [0.05, 0.1) is 45.5 Å². The molecule has 0 N–H and O–H groups in total. The maximum atomic E-state index is 12.6. The number of morpholine rings is 1. The van der Waals surface area contributed by atoms with E-state index in [0.717, 1.165) is 69.5 Å². The predicted molar refractivity (Wildman–Crippen MR) is 112 cm³/mol. The second-order valence-corrected chi connectivity index (χ2v) is 8.32. The van der Waals surface area contributed by atoms with Gasteiger partial charge in [0.1, 0.15) is 6.61 Å². The number of likely N-dealkylation sites (N-methyl/N-ethyl adjacent to an activating group) is 1. The van der Waals surface area contributed by atoms with E-state index in [4.69, 9.17) is 18.9 Å². The fourth-order valence-corrected chi connectivity index (χ4v) is 4.42. The zero-order valence-corrected chi connectivity index (χ0v) is 18.0. The second kappa shape index (κ2) is 9.96. The van der Waals surface area contributed by atoms with Gasteiger partial charge >= 0.3 is 0 Å². The molecular formula is C22H33N3O5. The number of amides is 1. The monoisotopic (exact) mass is 419 g/mol. The van der Waals surface area contributed by atoms with Crippen molar-refractivity contribution in [2.24, 2.45) is 5.92 Å². The largest absolute Gasteiger partial charge is 0.493 e. The van der Waals surface area contributed by atoms with Crippen LogP contribution in [0.2, 0.25) is 0 Å². The molecule has 1 amide bonds. The van der Waals surface area contributed by atoms with Gasteiger partial charge in [-0.05, 0) is 17.7 Å². The predicted octanol–water partition coefficient (Wildman–Crippen LogP) is 0.695. The van der Waals surface area contributed by atoms with Crippen LogP contribution >= 0.6 is 0 Å². The number of benzene rings is 1. The molecule has 0 spiro atoms. The molecular weight excluding hydrogens is 386 g/mol. The Morgan fingerprint density at radius 1 is 1.07 bits per heavy atom. The average molecular weight is 420 g/mol. The lowest BCUT2D eigenvalue weighted by molar-refractivity contribution is -0.133. The molecule has 3 aliphatic heterocycles. The molecule has 0 unspecified atom stereocenters. The van der Waals surface area contributed by atoms with Crippen molar-refractivity contribution in [3.05, 3.63) is 23.8 Å². The topological polar surface area (TPSA) is 63.7 Å². The molecule has 2 atom stereocenters. The molecule has 3 aliphatic rings. The van der Waals surface area contributed by atoms with Gasteiger partial charge in [0.2, 0.25) is 5.91 Å². The Hall–Kier alpha value is -1.87. The molecule has 1 aromatic carbocycles. The third-order valence-electron chi connectivity index (χ3n) is 6.22. The summed E-state index contributed by atoms with van der Waals surface area (Å²) in [5.41, 5.74) is 1.16. The lowest BCUT2D eigenvalue weighted by atomic mass is 10.1. The van der Waals surface area contributed by atoms with Crippen molar-refractivity contribution in [3.8, 4) is 11.5 Å². The molecule has 0 aromatic heterocycles. The molecule has 3 fully saturated rings. The number of hydrogen-bond acceptors (Lipinski definition) is 7. The fraction of sp³-hybridized carbons (Fsp3) is 0.682. The highest BCUT2D eigenvalue weighted by Gasteiger charge is 2.37. The summed E-state index contributed by atoms with van der Waals surface area (Å²) < 4.78 is 22.7. The van der Waals surface area contributed by atoms with Gasteiger partial charge in [0, 0.05) is 46.3 Å². The van der Waals surface area contributed by atoms with E-state index >= 15 is 0 Å². The normalized spacial score (nSPS) is 25.8. The van der Waals surface area contributed by atoms with Gasteiger partial charge in [-0.2, -0.15) is 0 Å². The molecule has 3 saturated heterocycles. The van der Waals surface area contributed by atoms with E-state index < -0.39 is 0 Å². The van der Waals surface area contributed by atoms with E-state index in [-0.39, 0.29) is 17.9 Å². The smallest absolute Gasteiger partial charge is 0.229 e. The van der Waals surface area contributed by atoms with E-state index in [1.54, 1.807) is 7.11 Å². The Labute approximate surface area is 178 Å². The standard InChI is InChI=1S/C22H33N3O5/c1-23-19-14-25(13-18(22(23)26)15-29-16-19)12-17-3-4-20(27-2)21(11-17)30-10-7-24-5-8-28-9-6-24/h3-4,11,18-19H,5-10,12-16H2,1-2H3/t18-,19+/m1/s1. The Kier molecular flexibility index (Phi) is 7.09. The first-order valence-corrected chi connectivity index (χ1v) is 10.8. The molecule has 4 rings (SSSR count). The lowest BCUT2D eigenvalue weighted by Crippen LogP contribution is -2.42. The van der Waals surface area contributed by atoms with E-state index in [1.807, 2.05) is 18.0 Å². The highest BCUT2D eigenvalue weighted by atomic mass is 16.5. The Morgan fingerprint density at radius 3 is 2.70 bits per heavy atom. The minimum absolute atomic E-state index is 0.0926. The SMILES string of the molecule is COc1ccc(CN2C[C@@H]3COC[C@H](C2)N(C)C3=O)cc1OCCN1CCOCC1. The van der Waals surface area contributed by atoms with Gasteiger partial charge in [0.15, 0.2) is 11.5 Å².